The number of ether oxygens (including phenoxy) is 1. The van der Waals surface area contributed by atoms with Crippen molar-refractivity contribution in [3.05, 3.63) is 16.3 Å². The molecule has 0 aliphatic heterocycles. The van der Waals surface area contributed by atoms with Crippen LogP contribution >= 0.6 is 11.3 Å². The number of anilines is 1. The Morgan fingerprint density at radius 3 is 2.82 bits per heavy atom. The maximum absolute atomic E-state index is 11.6. The molecule has 4 nitrogen and oxygen atoms in total. The molecule has 0 aliphatic carbocycles. The zero-order valence-corrected chi connectivity index (χ0v) is 11.3. The van der Waals surface area contributed by atoms with E-state index in [0.29, 0.717) is 6.42 Å². The number of hydrogen-bond acceptors (Lipinski definition) is 4. The summed E-state index contributed by atoms with van der Waals surface area (Å²) in [6.45, 7) is 5.64. The molecular formula is C12H19NO3S. The van der Waals surface area contributed by atoms with Crippen molar-refractivity contribution in [3.8, 4) is 0 Å². The van der Waals surface area contributed by atoms with Crippen LogP contribution in [0.4, 0.5) is 10.5 Å². The minimum atomic E-state index is -0.495. The van der Waals surface area contributed by atoms with E-state index in [2.05, 4.69) is 5.32 Å². The van der Waals surface area contributed by atoms with E-state index in [1.54, 1.807) is 11.3 Å². The van der Waals surface area contributed by atoms with Gasteiger partial charge in [-0.2, -0.15) is 0 Å². The molecule has 0 fully saturated rings. The number of aliphatic hydroxyl groups is 1. The summed E-state index contributed by atoms with van der Waals surface area (Å²) in [5, 5.41) is 13.4. The SMILES string of the molecule is CC(C)(C)OC(=O)Nc1ccsc1CCCO. The minimum Gasteiger partial charge on any atom is -0.444 e. The number of aryl methyl sites for hydroxylation is 1. The van der Waals surface area contributed by atoms with Gasteiger partial charge in [0.15, 0.2) is 0 Å². The zero-order chi connectivity index (χ0) is 12.9. The van der Waals surface area contributed by atoms with Gasteiger partial charge in [-0.05, 0) is 45.1 Å². The van der Waals surface area contributed by atoms with Gasteiger partial charge in [0.2, 0.25) is 0 Å². The van der Waals surface area contributed by atoms with Crippen LogP contribution in [0.5, 0.6) is 0 Å². The number of aliphatic hydroxyl groups excluding tert-OH is 1. The molecule has 0 atom stereocenters. The van der Waals surface area contributed by atoms with E-state index < -0.39 is 11.7 Å². The first kappa shape index (κ1) is 14.0. The summed E-state index contributed by atoms with van der Waals surface area (Å²) in [6.07, 6.45) is 1.02. The van der Waals surface area contributed by atoms with Crippen LogP contribution in [0.15, 0.2) is 11.4 Å². The molecule has 0 aliphatic rings. The largest absolute Gasteiger partial charge is 0.444 e. The average Bonchev–Trinajstić information content (AvgIpc) is 2.59. The van der Waals surface area contributed by atoms with Crippen molar-refractivity contribution < 1.29 is 14.6 Å². The number of rotatable bonds is 4. The molecule has 1 aromatic rings. The quantitative estimate of drug-likeness (QED) is 0.871. The predicted octanol–water partition coefficient (Wildman–Crippen LogP) is 3.02. The normalized spacial score (nSPS) is 11.3. The molecule has 0 saturated heterocycles. The van der Waals surface area contributed by atoms with Crippen LogP contribution in [-0.4, -0.2) is 23.4 Å². The first-order valence-corrected chi connectivity index (χ1v) is 6.47. The Balaban J connectivity index is 2.56. The van der Waals surface area contributed by atoms with Gasteiger partial charge in [-0.15, -0.1) is 11.3 Å². The van der Waals surface area contributed by atoms with Gasteiger partial charge in [-0.3, -0.25) is 5.32 Å². The monoisotopic (exact) mass is 257 g/mol. The number of carbonyl (C=O) groups is 1. The fraction of sp³-hybridized carbons (Fsp3) is 0.583. The van der Waals surface area contributed by atoms with E-state index in [9.17, 15) is 4.79 Å². The molecule has 96 valence electrons. The van der Waals surface area contributed by atoms with Crippen LogP contribution in [0.2, 0.25) is 0 Å². The first-order valence-electron chi connectivity index (χ1n) is 5.59. The Bertz CT molecular complexity index is 368. The summed E-state index contributed by atoms with van der Waals surface area (Å²) in [7, 11) is 0. The van der Waals surface area contributed by atoms with Crippen molar-refractivity contribution in [2.75, 3.05) is 11.9 Å². The third kappa shape index (κ3) is 5.19. The van der Waals surface area contributed by atoms with Gasteiger partial charge in [0.25, 0.3) is 0 Å². The lowest BCUT2D eigenvalue weighted by molar-refractivity contribution is 0.0636. The molecule has 17 heavy (non-hydrogen) atoms. The molecule has 1 rings (SSSR count). The molecule has 0 saturated carbocycles. The molecule has 5 heteroatoms. The van der Waals surface area contributed by atoms with Gasteiger partial charge in [0, 0.05) is 11.5 Å². The standard InChI is InChI=1S/C12H19NO3S/c1-12(2,3)16-11(15)13-9-6-8-17-10(9)5-4-7-14/h6,8,14H,4-5,7H2,1-3H3,(H,13,15). The highest BCUT2D eigenvalue weighted by molar-refractivity contribution is 7.10. The van der Waals surface area contributed by atoms with Crippen LogP contribution in [0.3, 0.4) is 0 Å². The maximum Gasteiger partial charge on any atom is 0.412 e. The van der Waals surface area contributed by atoms with Gasteiger partial charge in [-0.25, -0.2) is 4.79 Å². The highest BCUT2D eigenvalue weighted by Gasteiger charge is 2.17. The topological polar surface area (TPSA) is 58.6 Å². The van der Waals surface area contributed by atoms with Gasteiger partial charge < -0.3 is 9.84 Å². The molecule has 1 amide bonds. The summed E-state index contributed by atoms with van der Waals surface area (Å²) in [5.41, 5.74) is 0.281. The Kier molecular flexibility index (Phi) is 4.96. The van der Waals surface area contributed by atoms with Crippen molar-refractivity contribution in [1.29, 1.82) is 0 Å². The lowest BCUT2D eigenvalue weighted by atomic mass is 10.2. The average molecular weight is 257 g/mol. The molecule has 0 unspecified atom stereocenters. The highest BCUT2D eigenvalue weighted by Crippen LogP contribution is 2.24. The van der Waals surface area contributed by atoms with E-state index in [0.717, 1.165) is 17.0 Å². The molecule has 0 bridgehead atoms. The molecular weight excluding hydrogens is 238 g/mol. The Labute approximate surface area is 106 Å². The Morgan fingerprint density at radius 2 is 2.24 bits per heavy atom. The van der Waals surface area contributed by atoms with E-state index in [4.69, 9.17) is 9.84 Å². The summed E-state index contributed by atoms with van der Waals surface area (Å²) in [6, 6.07) is 1.85. The second kappa shape index (κ2) is 6.02. The first-order chi connectivity index (χ1) is 7.92. The summed E-state index contributed by atoms with van der Waals surface area (Å²) >= 11 is 1.57. The third-order valence-corrected chi connectivity index (χ3v) is 2.92. The van der Waals surface area contributed by atoms with Gasteiger partial charge in [0.05, 0.1) is 5.69 Å². The predicted molar refractivity (Wildman–Crippen MR) is 69.6 cm³/mol. The number of amides is 1. The molecule has 1 heterocycles. The highest BCUT2D eigenvalue weighted by atomic mass is 32.1. The van der Waals surface area contributed by atoms with Crippen LogP contribution in [0, 0.1) is 0 Å². The molecule has 0 radical (unpaired) electrons. The lowest BCUT2D eigenvalue weighted by Gasteiger charge is -2.19. The van der Waals surface area contributed by atoms with Gasteiger partial charge >= 0.3 is 6.09 Å². The van der Waals surface area contributed by atoms with Crippen molar-refractivity contribution >= 4 is 23.1 Å². The van der Waals surface area contributed by atoms with Crippen LogP contribution < -0.4 is 5.32 Å². The Hall–Kier alpha value is -1.07. The summed E-state index contributed by atoms with van der Waals surface area (Å²) < 4.78 is 5.18. The van der Waals surface area contributed by atoms with Gasteiger partial charge in [-0.1, -0.05) is 0 Å². The van der Waals surface area contributed by atoms with Crippen LogP contribution in [-0.2, 0) is 11.2 Å². The van der Waals surface area contributed by atoms with Crippen molar-refractivity contribution in [2.45, 2.75) is 39.2 Å². The number of carbonyl (C=O) groups excluding carboxylic acids is 1. The third-order valence-electron chi connectivity index (χ3n) is 1.94. The molecule has 0 aromatic carbocycles. The molecule has 0 spiro atoms. The van der Waals surface area contributed by atoms with E-state index >= 15 is 0 Å². The number of thiophene rings is 1. The molecule has 2 N–H and O–H groups in total. The van der Waals surface area contributed by atoms with Crippen molar-refractivity contribution in [2.24, 2.45) is 0 Å². The van der Waals surface area contributed by atoms with Crippen LogP contribution in [0.25, 0.3) is 0 Å². The molecule has 1 aromatic heterocycles. The van der Waals surface area contributed by atoms with Crippen molar-refractivity contribution in [1.82, 2.24) is 0 Å². The van der Waals surface area contributed by atoms with Gasteiger partial charge in [0.1, 0.15) is 5.60 Å². The Morgan fingerprint density at radius 1 is 1.53 bits per heavy atom. The van der Waals surface area contributed by atoms with E-state index in [1.807, 2.05) is 32.2 Å². The number of hydrogen-bond donors (Lipinski definition) is 2. The van der Waals surface area contributed by atoms with E-state index in [1.165, 1.54) is 0 Å². The second-order valence-electron chi connectivity index (χ2n) is 4.71. The summed E-state index contributed by atoms with van der Waals surface area (Å²) in [5.74, 6) is 0. The fourth-order valence-electron chi connectivity index (χ4n) is 1.30. The zero-order valence-electron chi connectivity index (χ0n) is 10.4. The smallest absolute Gasteiger partial charge is 0.412 e. The maximum atomic E-state index is 11.6. The lowest BCUT2D eigenvalue weighted by Crippen LogP contribution is -2.27. The number of nitrogens with one attached hydrogen (secondary N) is 1. The van der Waals surface area contributed by atoms with Crippen LogP contribution in [0.1, 0.15) is 32.1 Å². The second-order valence-corrected chi connectivity index (χ2v) is 5.71. The fourth-order valence-corrected chi connectivity index (χ4v) is 2.18. The van der Waals surface area contributed by atoms with Crippen molar-refractivity contribution in [3.63, 3.8) is 0 Å². The summed E-state index contributed by atoms with van der Waals surface area (Å²) in [4.78, 5) is 12.6. The minimum absolute atomic E-state index is 0.157. The van der Waals surface area contributed by atoms with E-state index in [-0.39, 0.29) is 6.61 Å².